The number of carbonyl (C=O) groups excluding carboxylic acids is 1. The fourth-order valence-electron chi connectivity index (χ4n) is 1.11. The highest BCUT2D eigenvalue weighted by atomic mass is 19.1. The summed E-state index contributed by atoms with van der Waals surface area (Å²) in [4.78, 5) is 9.98. The first-order valence-electron chi connectivity index (χ1n) is 4.11. The fraction of sp³-hybridized carbons (Fsp3) is 0.300. The van der Waals surface area contributed by atoms with E-state index < -0.39 is 11.6 Å². The molecule has 0 unspecified atom stereocenters. The Morgan fingerprint density at radius 1 is 1.31 bits per heavy atom. The lowest BCUT2D eigenvalue weighted by atomic mass is 10.1. The van der Waals surface area contributed by atoms with Crippen LogP contribution < -0.4 is 0 Å². The Morgan fingerprint density at radius 3 is 2.77 bits per heavy atom. The smallest absolute Gasteiger partial charge is 0.126 e. The first-order chi connectivity index (χ1) is 6.24. The Bertz CT molecular complexity index is 297. The predicted molar refractivity (Wildman–Crippen MR) is 45.4 cm³/mol. The van der Waals surface area contributed by atoms with Crippen molar-refractivity contribution in [3.63, 3.8) is 0 Å². The summed E-state index contributed by atoms with van der Waals surface area (Å²) >= 11 is 0. The SMILES string of the molecule is O=CCCCc1cc(F)ccc1F. The Kier molecular flexibility index (Phi) is 3.55. The molecule has 0 radical (unpaired) electrons. The van der Waals surface area contributed by atoms with Gasteiger partial charge in [0.1, 0.15) is 17.9 Å². The van der Waals surface area contributed by atoms with E-state index in [-0.39, 0.29) is 0 Å². The highest BCUT2D eigenvalue weighted by Crippen LogP contribution is 2.12. The minimum absolute atomic E-state index is 0.335. The van der Waals surface area contributed by atoms with Crippen molar-refractivity contribution in [3.05, 3.63) is 35.4 Å². The van der Waals surface area contributed by atoms with Gasteiger partial charge in [-0.1, -0.05) is 0 Å². The zero-order valence-corrected chi connectivity index (χ0v) is 7.09. The molecule has 1 aromatic rings. The van der Waals surface area contributed by atoms with Crippen molar-refractivity contribution in [2.24, 2.45) is 0 Å². The molecule has 0 aliphatic carbocycles. The highest BCUT2D eigenvalue weighted by Gasteiger charge is 2.02. The summed E-state index contributed by atoms with van der Waals surface area (Å²) < 4.78 is 25.6. The van der Waals surface area contributed by atoms with Crippen LogP contribution in [0, 0.1) is 11.6 Å². The van der Waals surface area contributed by atoms with Gasteiger partial charge in [0.2, 0.25) is 0 Å². The van der Waals surface area contributed by atoms with Crippen molar-refractivity contribution < 1.29 is 13.6 Å². The monoisotopic (exact) mass is 184 g/mol. The van der Waals surface area contributed by atoms with Crippen LogP contribution >= 0.6 is 0 Å². The van der Waals surface area contributed by atoms with Crippen molar-refractivity contribution in [3.8, 4) is 0 Å². The van der Waals surface area contributed by atoms with Gasteiger partial charge in [0, 0.05) is 6.42 Å². The van der Waals surface area contributed by atoms with Crippen LogP contribution in [0.2, 0.25) is 0 Å². The number of aryl methyl sites for hydroxylation is 1. The normalized spacial score (nSPS) is 10.0. The lowest BCUT2D eigenvalue weighted by Crippen LogP contribution is -1.92. The molecule has 0 atom stereocenters. The number of hydrogen-bond acceptors (Lipinski definition) is 1. The van der Waals surface area contributed by atoms with Crippen LogP contribution in [-0.4, -0.2) is 6.29 Å². The third kappa shape index (κ3) is 2.93. The molecule has 0 aromatic heterocycles. The summed E-state index contributed by atoms with van der Waals surface area (Å²) in [7, 11) is 0. The summed E-state index contributed by atoms with van der Waals surface area (Å²) in [5.41, 5.74) is 0.335. The maximum atomic E-state index is 12.9. The van der Waals surface area contributed by atoms with Crippen LogP contribution in [0.25, 0.3) is 0 Å². The van der Waals surface area contributed by atoms with E-state index in [0.29, 0.717) is 24.8 Å². The standard InChI is InChI=1S/C10H10F2O/c11-9-4-5-10(12)8(7-9)3-1-2-6-13/h4-7H,1-3H2. The Labute approximate surface area is 75.4 Å². The van der Waals surface area contributed by atoms with E-state index in [9.17, 15) is 13.6 Å². The number of benzene rings is 1. The van der Waals surface area contributed by atoms with Gasteiger partial charge in [0.15, 0.2) is 0 Å². The fourth-order valence-corrected chi connectivity index (χ4v) is 1.11. The maximum Gasteiger partial charge on any atom is 0.126 e. The van der Waals surface area contributed by atoms with E-state index in [1.807, 2.05) is 0 Å². The molecule has 0 saturated carbocycles. The minimum atomic E-state index is -0.442. The van der Waals surface area contributed by atoms with Gasteiger partial charge in [-0.3, -0.25) is 0 Å². The Morgan fingerprint density at radius 2 is 2.08 bits per heavy atom. The molecule has 0 amide bonds. The molecule has 0 bridgehead atoms. The van der Waals surface area contributed by atoms with Gasteiger partial charge in [-0.2, -0.15) is 0 Å². The van der Waals surface area contributed by atoms with Crippen molar-refractivity contribution in [2.45, 2.75) is 19.3 Å². The molecule has 1 aromatic carbocycles. The molecule has 0 fully saturated rings. The molecular formula is C10H10F2O. The van der Waals surface area contributed by atoms with Crippen LogP contribution in [0.1, 0.15) is 18.4 Å². The van der Waals surface area contributed by atoms with Crippen LogP contribution in [0.5, 0.6) is 0 Å². The summed E-state index contributed by atoms with van der Waals surface area (Å²) in [6, 6.07) is 3.35. The Hall–Kier alpha value is -1.25. The third-order valence-electron chi connectivity index (χ3n) is 1.78. The quantitative estimate of drug-likeness (QED) is 0.519. The van der Waals surface area contributed by atoms with Gasteiger partial charge in [0.25, 0.3) is 0 Å². The third-order valence-corrected chi connectivity index (χ3v) is 1.78. The summed E-state index contributed by atoms with van der Waals surface area (Å²) in [5.74, 6) is -0.852. The molecular weight excluding hydrogens is 174 g/mol. The second-order valence-corrected chi connectivity index (χ2v) is 2.79. The zero-order chi connectivity index (χ0) is 9.68. The topological polar surface area (TPSA) is 17.1 Å². The molecule has 0 N–H and O–H groups in total. The first kappa shape index (κ1) is 9.84. The first-order valence-corrected chi connectivity index (χ1v) is 4.11. The zero-order valence-electron chi connectivity index (χ0n) is 7.09. The molecule has 1 rings (SSSR count). The number of halogens is 2. The van der Waals surface area contributed by atoms with Crippen molar-refractivity contribution in [1.29, 1.82) is 0 Å². The lowest BCUT2D eigenvalue weighted by molar-refractivity contribution is -0.107. The highest BCUT2D eigenvalue weighted by molar-refractivity contribution is 5.49. The van der Waals surface area contributed by atoms with Crippen molar-refractivity contribution >= 4 is 6.29 Å². The average molecular weight is 184 g/mol. The van der Waals surface area contributed by atoms with Crippen molar-refractivity contribution in [2.75, 3.05) is 0 Å². The van der Waals surface area contributed by atoms with Gasteiger partial charge in [-0.15, -0.1) is 0 Å². The second-order valence-electron chi connectivity index (χ2n) is 2.79. The number of carbonyl (C=O) groups is 1. The maximum absolute atomic E-state index is 12.9. The van der Waals surface area contributed by atoms with E-state index in [2.05, 4.69) is 0 Å². The summed E-state index contributed by atoms with van der Waals surface area (Å²) in [5, 5.41) is 0. The molecule has 1 nitrogen and oxygen atoms in total. The summed E-state index contributed by atoms with van der Waals surface area (Å²) in [6.45, 7) is 0. The predicted octanol–water partition coefficient (Wildman–Crippen LogP) is 2.49. The average Bonchev–Trinajstić information content (AvgIpc) is 2.11. The van der Waals surface area contributed by atoms with E-state index in [0.717, 1.165) is 18.4 Å². The molecule has 0 aliphatic rings. The van der Waals surface area contributed by atoms with E-state index in [1.54, 1.807) is 0 Å². The van der Waals surface area contributed by atoms with Gasteiger partial charge in [0.05, 0.1) is 0 Å². The molecule has 0 saturated heterocycles. The van der Waals surface area contributed by atoms with Gasteiger partial charge >= 0.3 is 0 Å². The Balaban J connectivity index is 2.64. The van der Waals surface area contributed by atoms with E-state index in [4.69, 9.17) is 0 Å². The number of aldehydes is 1. The number of hydrogen-bond donors (Lipinski definition) is 0. The lowest BCUT2D eigenvalue weighted by Gasteiger charge is -2.00. The van der Waals surface area contributed by atoms with Gasteiger partial charge < -0.3 is 4.79 Å². The molecule has 3 heteroatoms. The van der Waals surface area contributed by atoms with Gasteiger partial charge in [-0.05, 0) is 36.6 Å². The van der Waals surface area contributed by atoms with Crippen LogP contribution in [-0.2, 0) is 11.2 Å². The van der Waals surface area contributed by atoms with E-state index in [1.165, 1.54) is 6.07 Å². The molecule has 13 heavy (non-hydrogen) atoms. The van der Waals surface area contributed by atoms with Crippen LogP contribution in [0.3, 0.4) is 0 Å². The van der Waals surface area contributed by atoms with Crippen molar-refractivity contribution in [1.82, 2.24) is 0 Å². The molecule has 0 aliphatic heterocycles. The molecule has 70 valence electrons. The van der Waals surface area contributed by atoms with Crippen LogP contribution in [0.4, 0.5) is 8.78 Å². The number of rotatable bonds is 4. The van der Waals surface area contributed by atoms with Gasteiger partial charge in [-0.25, -0.2) is 8.78 Å². The van der Waals surface area contributed by atoms with E-state index >= 15 is 0 Å². The summed E-state index contributed by atoms with van der Waals surface area (Å²) in [6.07, 6.45) is 2.12. The number of unbranched alkanes of at least 4 members (excludes halogenated alkanes) is 1. The molecule has 0 spiro atoms. The minimum Gasteiger partial charge on any atom is -0.303 e. The largest absolute Gasteiger partial charge is 0.303 e. The second kappa shape index (κ2) is 4.70. The van der Waals surface area contributed by atoms with Crippen LogP contribution in [0.15, 0.2) is 18.2 Å². The molecule has 0 heterocycles.